The van der Waals surface area contributed by atoms with Crippen LogP contribution in [-0.4, -0.2) is 48.3 Å². The Bertz CT molecular complexity index is 313. The van der Waals surface area contributed by atoms with Crippen molar-refractivity contribution in [1.29, 1.82) is 0 Å². The SMILES string of the molecule is O=[P@]1(N(CCCl)CCCl)NCC[C@H](C(F)(F)F)O1. The molecule has 18 heavy (non-hydrogen) atoms. The molecule has 1 rings (SSSR count). The van der Waals surface area contributed by atoms with E-state index in [1.807, 2.05) is 0 Å². The Balaban J connectivity index is 2.80. The maximum Gasteiger partial charge on any atom is 0.415 e. The molecule has 1 fully saturated rings. The molecule has 1 aliphatic rings. The van der Waals surface area contributed by atoms with Crippen molar-refractivity contribution >= 4 is 30.9 Å². The van der Waals surface area contributed by atoms with Gasteiger partial charge >= 0.3 is 13.8 Å². The van der Waals surface area contributed by atoms with Crippen molar-refractivity contribution in [2.45, 2.75) is 18.7 Å². The molecule has 0 unspecified atom stereocenters. The summed E-state index contributed by atoms with van der Waals surface area (Å²) < 4.78 is 56.0. The van der Waals surface area contributed by atoms with Gasteiger partial charge in [-0.2, -0.15) is 13.2 Å². The van der Waals surface area contributed by atoms with Gasteiger partial charge in [0.2, 0.25) is 0 Å². The molecule has 1 saturated heterocycles. The summed E-state index contributed by atoms with van der Waals surface area (Å²) in [6.45, 7) is 0.259. The van der Waals surface area contributed by atoms with Crippen LogP contribution in [-0.2, 0) is 9.09 Å². The second-order valence-corrected chi connectivity index (χ2v) is 6.57. The van der Waals surface area contributed by atoms with Crippen molar-refractivity contribution in [3.05, 3.63) is 0 Å². The van der Waals surface area contributed by atoms with Crippen molar-refractivity contribution in [2.75, 3.05) is 31.4 Å². The van der Waals surface area contributed by atoms with Gasteiger partial charge in [0.05, 0.1) is 0 Å². The van der Waals surface area contributed by atoms with Gasteiger partial charge in [-0.05, 0) is 6.42 Å². The lowest BCUT2D eigenvalue weighted by atomic mass is 10.2. The molecule has 4 nitrogen and oxygen atoms in total. The third-order valence-electron chi connectivity index (χ3n) is 2.41. The van der Waals surface area contributed by atoms with Gasteiger partial charge in [0.25, 0.3) is 0 Å². The minimum Gasteiger partial charge on any atom is -0.293 e. The Kier molecular flexibility index (Phi) is 6.22. The molecule has 0 bridgehead atoms. The molecular weight excluding hydrogens is 315 g/mol. The molecule has 108 valence electrons. The topological polar surface area (TPSA) is 41.6 Å². The maximum atomic E-state index is 12.6. The molecule has 1 heterocycles. The fourth-order valence-electron chi connectivity index (χ4n) is 1.56. The van der Waals surface area contributed by atoms with E-state index < -0.39 is 20.0 Å². The summed E-state index contributed by atoms with van der Waals surface area (Å²) in [6, 6.07) is 0. The first-order chi connectivity index (χ1) is 8.33. The number of nitrogens with one attached hydrogen (secondary N) is 1. The highest BCUT2D eigenvalue weighted by molar-refractivity contribution is 7.54. The van der Waals surface area contributed by atoms with E-state index in [0.717, 1.165) is 0 Å². The summed E-state index contributed by atoms with van der Waals surface area (Å²) in [4.78, 5) is 0. The molecule has 10 heteroatoms. The van der Waals surface area contributed by atoms with Crippen LogP contribution in [0.4, 0.5) is 13.2 Å². The molecule has 0 aliphatic carbocycles. The molecule has 0 radical (unpaired) electrons. The monoisotopic (exact) mass is 328 g/mol. The average molecular weight is 329 g/mol. The number of rotatable bonds is 5. The quantitative estimate of drug-likeness (QED) is 0.622. The van der Waals surface area contributed by atoms with Crippen molar-refractivity contribution in [2.24, 2.45) is 0 Å². The van der Waals surface area contributed by atoms with Crippen molar-refractivity contribution < 1.29 is 22.3 Å². The molecule has 0 amide bonds. The van der Waals surface area contributed by atoms with Gasteiger partial charge in [0.15, 0.2) is 6.10 Å². The number of nitrogens with zero attached hydrogens (tertiary/aromatic N) is 1. The third kappa shape index (κ3) is 4.25. The van der Waals surface area contributed by atoms with E-state index >= 15 is 0 Å². The number of hydrogen-bond donors (Lipinski definition) is 1. The highest BCUT2D eigenvalue weighted by Gasteiger charge is 2.48. The van der Waals surface area contributed by atoms with Crippen LogP contribution in [0.1, 0.15) is 6.42 Å². The fraction of sp³-hybridized carbons (Fsp3) is 1.00. The van der Waals surface area contributed by atoms with Crippen LogP contribution >= 0.6 is 30.9 Å². The molecule has 0 saturated carbocycles. The normalized spacial score (nSPS) is 29.8. The Morgan fingerprint density at radius 3 is 2.33 bits per heavy atom. The predicted octanol–water partition coefficient (Wildman–Crippen LogP) is 2.81. The van der Waals surface area contributed by atoms with Crippen LogP contribution in [0.5, 0.6) is 0 Å². The highest BCUT2D eigenvalue weighted by atomic mass is 35.5. The zero-order valence-corrected chi connectivity index (χ0v) is 11.8. The molecule has 0 aromatic rings. The second kappa shape index (κ2) is 6.77. The van der Waals surface area contributed by atoms with E-state index in [1.54, 1.807) is 0 Å². The van der Waals surface area contributed by atoms with E-state index in [-0.39, 0.29) is 37.8 Å². The average Bonchev–Trinajstić information content (AvgIpc) is 2.28. The molecular formula is C8H14Cl2F3N2O2P. The van der Waals surface area contributed by atoms with Gasteiger partial charge in [0, 0.05) is 31.4 Å². The molecule has 0 spiro atoms. The highest BCUT2D eigenvalue weighted by Crippen LogP contribution is 2.52. The third-order valence-corrected chi connectivity index (χ3v) is 5.06. The fourth-order valence-corrected chi connectivity index (χ4v) is 4.32. The van der Waals surface area contributed by atoms with Gasteiger partial charge in [-0.3, -0.25) is 9.09 Å². The molecule has 1 N–H and O–H groups in total. The van der Waals surface area contributed by atoms with E-state index in [2.05, 4.69) is 5.09 Å². The largest absolute Gasteiger partial charge is 0.415 e. The zero-order chi connectivity index (χ0) is 13.8. The summed E-state index contributed by atoms with van der Waals surface area (Å²) in [5.41, 5.74) is 0. The van der Waals surface area contributed by atoms with Crippen LogP contribution in [0.15, 0.2) is 0 Å². The van der Waals surface area contributed by atoms with Crippen LogP contribution in [0, 0.1) is 0 Å². The van der Waals surface area contributed by atoms with E-state index in [0.29, 0.717) is 0 Å². The summed E-state index contributed by atoms with van der Waals surface area (Å²) in [5, 5.41) is 2.51. The minimum absolute atomic E-state index is 0.0253. The number of alkyl halides is 5. The first-order valence-corrected chi connectivity index (χ1v) is 7.96. The van der Waals surface area contributed by atoms with Crippen LogP contribution < -0.4 is 5.09 Å². The van der Waals surface area contributed by atoms with Gasteiger partial charge in [-0.25, -0.2) is 9.76 Å². The molecule has 0 aromatic heterocycles. The minimum atomic E-state index is -4.52. The smallest absolute Gasteiger partial charge is 0.293 e. The van der Waals surface area contributed by atoms with Crippen molar-refractivity contribution in [3.63, 3.8) is 0 Å². The summed E-state index contributed by atoms with van der Waals surface area (Å²) in [6.07, 6.45) is -6.80. The lowest BCUT2D eigenvalue weighted by Crippen LogP contribution is -2.44. The van der Waals surface area contributed by atoms with Gasteiger partial charge < -0.3 is 0 Å². The Morgan fingerprint density at radius 1 is 1.33 bits per heavy atom. The number of hydrogen-bond acceptors (Lipinski definition) is 2. The lowest BCUT2D eigenvalue weighted by molar-refractivity contribution is -0.200. The predicted molar refractivity (Wildman–Crippen MR) is 64.2 cm³/mol. The molecule has 2 atom stereocenters. The zero-order valence-electron chi connectivity index (χ0n) is 9.42. The van der Waals surface area contributed by atoms with Gasteiger partial charge in [0.1, 0.15) is 0 Å². The molecule has 1 aliphatic heterocycles. The van der Waals surface area contributed by atoms with Crippen molar-refractivity contribution in [1.82, 2.24) is 9.76 Å². The Hall–Kier alpha value is 0.480. The van der Waals surface area contributed by atoms with E-state index in [1.165, 1.54) is 4.67 Å². The van der Waals surface area contributed by atoms with Crippen LogP contribution in [0.3, 0.4) is 0 Å². The van der Waals surface area contributed by atoms with E-state index in [4.69, 9.17) is 27.7 Å². The maximum absolute atomic E-state index is 12.6. The van der Waals surface area contributed by atoms with E-state index in [9.17, 15) is 17.7 Å². The summed E-state index contributed by atoms with van der Waals surface area (Å²) in [5.74, 6) is 0.255. The molecule has 0 aromatic carbocycles. The van der Waals surface area contributed by atoms with Gasteiger partial charge in [-0.1, -0.05) is 0 Å². The van der Waals surface area contributed by atoms with Gasteiger partial charge in [-0.15, -0.1) is 23.2 Å². The second-order valence-electron chi connectivity index (χ2n) is 3.68. The summed E-state index contributed by atoms with van der Waals surface area (Å²) in [7, 11) is -3.71. The first-order valence-electron chi connectivity index (χ1n) is 5.31. The lowest BCUT2D eigenvalue weighted by Gasteiger charge is -2.37. The standard InChI is InChI=1S/C8H14Cl2F3N2O2P/c9-2-5-15(6-3-10)18(16)14-4-1-7(17-18)8(11,12)13/h7H,1-6H2,(H,14,16)/t7-,18-/m1/s1. The van der Waals surface area contributed by atoms with Crippen molar-refractivity contribution in [3.8, 4) is 0 Å². The first kappa shape index (κ1) is 16.5. The number of halogens is 5. The van der Waals surface area contributed by atoms with Crippen LogP contribution in [0.25, 0.3) is 0 Å². The Morgan fingerprint density at radius 2 is 1.89 bits per heavy atom. The summed E-state index contributed by atoms with van der Waals surface area (Å²) >= 11 is 11.1. The Labute approximate surface area is 113 Å². The van der Waals surface area contributed by atoms with Crippen LogP contribution in [0.2, 0.25) is 0 Å².